The first-order valence-electron chi connectivity index (χ1n) is 3.37. The minimum Gasteiger partial charge on any atom is -0.386 e. The molecule has 2 atom stereocenters. The van der Waals surface area contributed by atoms with Crippen LogP contribution < -0.4 is 0 Å². The van der Waals surface area contributed by atoms with Crippen LogP contribution in [0.5, 0.6) is 0 Å². The van der Waals surface area contributed by atoms with E-state index in [0.29, 0.717) is 0 Å². The van der Waals surface area contributed by atoms with Gasteiger partial charge in [-0.1, -0.05) is 12.2 Å². The molecule has 2 N–H and O–H groups in total. The van der Waals surface area contributed by atoms with Gasteiger partial charge in [0.15, 0.2) is 9.84 Å². The highest BCUT2D eigenvalue weighted by Crippen LogP contribution is 2.18. The van der Waals surface area contributed by atoms with Gasteiger partial charge in [0.2, 0.25) is 0 Å². The van der Waals surface area contributed by atoms with Crippen LogP contribution in [0.2, 0.25) is 0 Å². The van der Waals surface area contributed by atoms with E-state index in [1.54, 1.807) is 0 Å². The van der Waals surface area contributed by atoms with Crippen LogP contribution >= 0.6 is 0 Å². The maximum atomic E-state index is 11.0. The van der Waals surface area contributed by atoms with E-state index in [0.717, 1.165) is 6.26 Å². The molecule has 0 aromatic rings. The van der Waals surface area contributed by atoms with E-state index in [1.807, 2.05) is 0 Å². The topological polar surface area (TPSA) is 74.6 Å². The molecule has 12 heavy (non-hydrogen) atoms. The lowest BCUT2D eigenvalue weighted by Crippen LogP contribution is -2.31. The third-order valence-electron chi connectivity index (χ3n) is 1.61. The monoisotopic (exact) mass is 190 g/mol. The zero-order valence-electron chi connectivity index (χ0n) is 6.51. The second-order valence-electron chi connectivity index (χ2n) is 2.66. The van der Waals surface area contributed by atoms with Gasteiger partial charge >= 0.3 is 0 Å². The lowest BCUT2D eigenvalue weighted by molar-refractivity contribution is 0.0762. The van der Waals surface area contributed by atoms with Crippen molar-refractivity contribution in [1.29, 1.82) is 0 Å². The van der Waals surface area contributed by atoms with Crippen molar-refractivity contribution in [3.05, 3.63) is 23.1 Å². The number of aliphatic hydroxyl groups excluding tert-OH is 2. The Labute approximate surface area is 70.8 Å². The molecule has 4 nitrogen and oxygen atoms in total. The summed E-state index contributed by atoms with van der Waals surface area (Å²) in [6.07, 6.45) is 2.57. The van der Waals surface area contributed by atoms with E-state index in [4.69, 9.17) is 5.11 Å². The molecule has 1 rings (SSSR count). The molecule has 68 valence electrons. The Morgan fingerprint density at radius 1 is 1.42 bits per heavy atom. The van der Waals surface area contributed by atoms with Crippen LogP contribution in [0.25, 0.3) is 0 Å². The lowest BCUT2D eigenvalue weighted by Gasteiger charge is -2.19. The van der Waals surface area contributed by atoms with Gasteiger partial charge in [-0.25, -0.2) is 8.42 Å². The van der Waals surface area contributed by atoms with Crippen LogP contribution in [0.4, 0.5) is 0 Å². The molecule has 0 saturated carbocycles. The van der Waals surface area contributed by atoms with Crippen molar-refractivity contribution < 1.29 is 18.6 Å². The summed E-state index contributed by atoms with van der Waals surface area (Å²) in [6.45, 7) is 0. The first-order valence-corrected chi connectivity index (χ1v) is 5.26. The van der Waals surface area contributed by atoms with E-state index < -0.39 is 22.0 Å². The molecule has 0 amide bonds. The summed E-state index contributed by atoms with van der Waals surface area (Å²) in [5, 5.41) is 18.3. The molecule has 1 aliphatic carbocycles. The second kappa shape index (κ2) is 3.01. The molecule has 0 bridgehead atoms. The molecule has 0 aromatic heterocycles. The molecule has 0 unspecified atom stereocenters. The zero-order chi connectivity index (χ0) is 9.35. The van der Waals surface area contributed by atoms with Gasteiger partial charge in [-0.3, -0.25) is 0 Å². The smallest absolute Gasteiger partial charge is 0.174 e. The van der Waals surface area contributed by atoms with Crippen molar-refractivity contribution in [3.63, 3.8) is 0 Å². The van der Waals surface area contributed by atoms with Crippen LogP contribution in [0.15, 0.2) is 23.1 Å². The van der Waals surface area contributed by atoms with Crippen LogP contribution in [0.3, 0.4) is 0 Å². The Morgan fingerprint density at radius 2 is 2.00 bits per heavy atom. The van der Waals surface area contributed by atoms with Gasteiger partial charge in [-0.15, -0.1) is 0 Å². The van der Waals surface area contributed by atoms with Crippen molar-refractivity contribution in [3.8, 4) is 0 Å². The quantitative estimate of drug-likeness (QED) is 0.568. The van der Waals surface area contributed by atoms with Crippen molar-refractivity contribution >= 4 is 9.84 Å². The molecule has 1 aliphatic rings. The first kappa shape index (κ1) is 9.44. The van der Waals surface area contributed by atoms with Gasteiger partial charge in [-0.2, -0.15) is 0 Å². The Morgan fingerprint density at radius 3 is 2.42 bits per heavy atom. The standard InChI is InChI=1S/C7H10O4S/c1-12(10,11)6-4-2-3-5(8)7(6)9/h2-5,7-9H,1H3/t5-,7-/m0/s1. The highest BCUT2D eigenvalue weighted by Gasteiger charge is 2.27. The fourth-order valence-corrected chi connectivity index (χ4v) is 1.88. The van der Waals surface area contributed by atoms with Crippen LogP contribution in [0.1, 0.15) is 0 Å². The van der Waals surface area contributed by atoms with E-state index in [1.165, 1.54) is 18.2 Å². The van der Waals surface area contributed by atoms with Crippen molar-refractivity contribution in [1.82, 2.24) is 0 Å². The van der Waals surface area contributed by atoms with Crippen LogP contribution in [-0.4, -0.2) is 37.1 Å². The van der Waals surface area contributed by atoms with E-state index in [2.05, 4.69) is 0 Å². The minimum atomic E-state index is -3.41. The van der Waals surface area contributed by atoms with Gasteiger partial charge in [0, 0.05) is 6.26 Å². The highest BCUT2D eigenvalue weighted by atomic mass is 32.2. The SMILES string of the molecule is CS(=O)(=O)C1=CC=C[C@H](O)[C@@H]1O. The predicted octanol–water partition coefficient (Wildman–Crippen LogP) is -0.793. The number of hydrogen-bond acceptors (Lipinski definition) is 4. The summed E-state index contributed by atoms with van der Waals surface area (Å²) in [7, 11) is -3.41. The highest BCUT2D eigenvalue weighted by molar-refractivity contribution is 7.94. The third-order valence-corrected chi connectivity index (χ3v) is 2.85. The van der Waals surface area contributed by atoms with E-state index in [-0.39, 0.29) is 4.91 Å². The fraction of sp³-hybridized carbons (Fsp3) is 0.429. The summed E-state index contributed by atoms with van der Waals surface area (Å²) in [4.78, 5) is -0.141. The number of allylic oxidation sites excluding steroid dienone is 2. The predicted molar refractivity (Wildman–Crippen MR) is 44.1 cm³/mol. The normalized spacial score (nSPS) is 30.1. The molecule has 0 spiro atoms. The van der Waals surface area contributed by atoms with Gasteiger partial charge in [-0.05, 0) is 6.08 Å². The molecule has 0 fully saturated rings. The fourth-order valence-electron chi connectivity index (χ4n) is 0.979. The zero-order valence-corrected chi connectivity index (χ0v) is 7.32. The van der Waals surface area contributed by atoms with Gasteiger partial charge in [0.1, 0.15) is 12.2 Å². The largest absolute Gasteiger partial charge is 0.386 e. The number of sulfone groups is 1. The molecule has 0 radical (unpaired) electrons. The van der Waals surface area contributed by atoms with Gasteiger partial charge in [0.25, 0.3) is 0 Å². The average Bonchev–Trinajstić information content (AvgIpc) is 1.92. The Hall–Kier alpha value is -0.650. The van der Waals surface area contributed by atoms with E-state index in [9.17, 15) is 13.5 Å². The van der Waals surface area contributed by atoms with Gasteiger partial charge in [0.05, 0.1) is 4.91 Å². The molecular formula is C7H10O4S. The summed E-state index contributed by atoms with van der Waals surface area (Å²) in [6, 6.07) is 0. The maximum Gasteiger partial charge on any atom is 0.174 e. The van der Waals surface area contributed by atoms with E-state index >= 15 is 0 Å². The average molecular weight is 190 g/mol. The summed E-state index contributed by atoms with van der Waals surface area (Å²) >= 11 is 0. The molecule has 0 aromatic carbocycles. The number of aliphatic hydroxyl groups is 2. The summed E-state index contributed by atoms with van der Waals surface area (Å²) in [5.74, 6) is 0. The van der Waals surface area contributed by atoms with Crippen molar-refractivity contribution in [2.24, 2.45) is 0 Å². The molecule has 0 saturated heterocycles. The van der Waals surface area contributed by atoms with Crippen LogP contribution in [-0.2, 0) is 9.84 Å². The van der Waals surface area contributed by atoms with Crippen molar-refractivity contribution in [2.75, 3.05) is 6.26 Å². The number of rotatable bonds is 1. The Bertz CT molecular complexity index is 325. The molecule has 0 aliphatic heterocycles. The molecular weight excluding hydrogens is 180 g/mol. The summed E-state index contributed by atoms with van der Waals surface area (Å²) < 4.78 is 21.9. The lowest BCUT2D eigenvalue weighted by atomic mass is 10.1. The minimum absolute atomic E-state index is 0.141. The third kappa shape index (κ3) is 1.74. The second-order valence-corrected chi connectivity index (χ2v) is 4.68. The maximum absolute atomic E-state index is 11.0. The van der Waals surface area contributed by atoms with Crippen molar-refractivity contribution in [2.45, 2.75) is 12.2 Å². The Kier molecular flexibility index (Phi) is 2.36. The summed E-state index contributed by atoms with van der Waals surface area (Å²) in [5.41, 5.74) is 0. The molecule has 0 heterocycles. The molecule has 5 heteroatoms. The van der Waals surface area contributed by atoms with Crippen LogP contribution in [0, 0.1) is 0 Å². The number of hydrogen-bond donors (Lipinski definition) is 2. The van der Waals surface area contributed by atoms with Gasteiger partial charge < -0.3 is 10.2 Å². The Balaban J connectivity index is 3.07. The first-order chi connectivity index (χ1) is 5.43.